The monoisotopic (exact) mass is 462 g/mol. The minimum Gasteiger partial charge on any atom is -0.450 e. The second-order valence-corrected chi connectivity index (χ2v) is 8.17. The highest BCUT2D eigenvalue weighted by Crippen LogP contribution is 2.44. The van der Waals surface area contributed by atoms with Crippen molar-refractivity contribution in [2.75, 3.05) is 0 Å². The van der Waals surface area contributed by atoms with Gasteiger partial charge in [-0.1, -0.05) is 36.4 Å². The highest BCUT2D eigenvalue weighted by molar-refractivity contribution is 14.1. The first-order valence-electron chi connectivity index (χ1n) is 8.39. The molecule has 6 heteroatoms. The summed E-state index contributed by atoms with van der Waals surface area (Å²) in [6.45, 7) is 0. The van der Waals surface area contributed by atoms with Crippen LogP contribution < -0.4 is 0 Å². The Morgan fingerprint density at radius 3 is 2.23 bits per heavy atom. The smallest absolute Gasteiger partial charge is 0.318 e. The molecule has 6 rings (SSSR count). The number of halogens is 1. The van der Waals surface area contributed by atoms with Crippen LogP contribution in [0.3, 0.4) is 0 Å². The molecule has 0 unspecified atom stereocenters. The Morgan fingerprint density at radius 2 is 1.46 bits per heavy atom. The molecule has 0 N–H and O–H groups in total. The summed E-state index contributed by atoms with van der Waals surface area (Å²) in [6, 6.07) is 17.2. The van der Waals surface area contributed by atoms with Crippen molar-refractivity contribution in [2.45, 2.75) is 0 Å². The van der Waals surface area contributed by atoms with Crippen molar-refractivity contribution in [1.29, 1.82) is 0 Å². The number of hydrogen-bond acceptors (Lipinski definition) is 1. The van der Waals surface area contributed by atoms with Crippen molar-refractivity contribution in [1.82, 2.24) is 15.9 Å². The van der Waals surface area contributed by atoms with Crippen LogP contribution in [0, 0.1) is 0 Å². The van der Waals surface area contributed by atoms with Crippen molar-refractivity contribution >= 4 is 94.0 Å². The van der Waals surface area contributed by atoms with Crippen molar-refractivity contribution in [2.24, 2.45) is 7.05 Å². The van der Waals surface area contributed by atoms with Crippen LogP contribution in [-0.4, -0.2) is 32.4 Å². The number of nitrogens with zero attached hydrogens (tertiary/aromatic N) is 4. The van der Waals surface area contributed by atoms with Crippen molar-refractivity contribution < 1.29 is 0 Å². The van der Waals surface area contributed by atoms with E-state index in [-0.39, 0.29) is 0 Å². The molecule has 0 saturated carbocycles. The van der Waals surface area contributed by atoms with E-state index < -0.39 is 0 Å². The third-order valence-corrected chi connectivity index (χ3v) is 6.90. The molecular formula is C20H12AlIN4. The van der Waals surface area contributed by atoms with E-state index in [1.165, 1.54) is 49.1 Å². The molecule has 4 nitrogen and oxygen atoms in total. The van der Waals surface area contributed by atoms with Crippen LogP contribution in [0.1, 0.15) is 0 Å². The maximum atomic E-state index is 4.78. The molecular weight excluding hydrogens is 450 g/mol. The molecule has 3 aromatic carbocycles. The van der Waals surface area contributed by atoms with E-state index in [9.17, 15) is 0 Å². The molecule has 0 atom stereocenters. The quantitative estimate of drug-likeness (QED) is 0.233. The first-order valence-corrected chi connectivity index (χ1v) is 9.87. The van der Waals surface area contributed by atoms with Gasteiger partial charge in [0.25, 0.3) is 0 Å². The van der Waals surface area contributed by atoms with Crippen molar-refractivity contribution in [3.63, 3.8) is 0 Å². The predicted molar refractivity (Wildman–Crippen MR) is 117 cm³/mol. The Morgan fingerprint density at radius 1 is 0.846 bits per heavy atom. The third kappa shape index (κ3) is 1.63. The van der Waals surface area contributed by atoms with E-state index in [2.05, 4.69) is 106 Å². The van der Waals surface area contributed by atoms with Gasteiger partial charge in [-0.2, -0.15) is 0 Å². The van der Waals surface area contributed by atoms with Crippen LogP contribution >= 0.6 is 22.9 Å². The lowest BCUT2D eigenvalue weighted by molar-refractivity contribution is 0.949. The van der Waals surface area contributed by atoms with Crippen LogP contribution in [0.25, 0.3) is 54.6 Å². The van der Waals surface area contributed by atoms with Crippen LogP contribution in [-0.2, 0) is 7.05 Å². The number of para-hydroxylation sites is 2. The number of rotatable bonds is 0. The molecule has 0 aliphatic carbocycles. The fourth-order valence-electron chi connectivity index (χ4n) is 4.30. The molecule has 0 amide bonds. The van der Waals surface area contributed by atoms with Crippen LogP contribution in [0.4, 0.5) is 0 Å². The van der Waals surface area contributed by atoms with Gasteiger partial charge in [-0.05, 0) is 12.1 Å². The van der Waals surface area contributed by atoms with Gasteiger partial charge in [0.1, 0.15) is 5.52 Å². The van der Waals surface area contributed by atoms with E-state index in [0.29, 0.717) is 0 Å². The van der Waals surface area contributed by atoms with Gasteiger partial charge in [0, 0.05) is 34.1 Å². The number of imidazole rings is 1. The second kappa shape index (κ2) is 5.04. The summed E-state index contributed by atoms with van der Waals surface area (Å²) in [5.41, 5.74) is 7.06. The van der Waals surface area contributed by atoms with Gasteiger partial charge in [0.15, 0.2) is 0 Å². The molecule has 3 aromatic heterocycles. The number of benzene rings is 3. The van der Waals surface area contributed by atoms with Gasteiger partial charge in [-0.25, -0.2) is 4.98 Å². The van der Waals surface area contributed by atoms with Crippen LogP contribution in [0.15, 0.2) is 54.9 Å². The Labute approximate surface area is 171 Å². The average Bonchev–Trinajstić information content (AvgIpc) is 3.28. The molecule has 0 aliphatic rings. The van der Waals surface area contributed by atoms with Gasteiger partial charge in [0.05, 0.1) is 51.3 Å². The molecule has 2 radical (unpaired) electrons. The summed E-state index contributed by atoms with van der Waals surface area (Å²) in [5, 5.41) is 5.14. The molecule has 6 aromatic rings. The van der Waals surface area contributed by atoms with Gasteiger partial charge < -0.3 is 8.12 Å². The number of fused-ring (bicyclic) bond motifs is 10. The summed E-state index contributed by atoms with van der Waals surface area (Å²) in [4.78, 5) is 4.78. The van der Waals surface area contributed by atoms with Gasteiger partial charge in [-0.3, -0.25) is 2.78 Å². The lowest BCUT2D eigenvalue weighted by Gasteiger charge is -2.05. The van der Waals surface area contributed by atoms with E-state index in [0.717, 1.165) is 5.52 Å². The number of aromatic nitrogens is 4. The van der Waals surface area contributed by atoms with Gasteiger partial charge in [0.2, 0.25) is 0 Å². The lowest BCUT2D eigenvalue weighted by atomic mass is 10.0. The molecule has 122 valence electrons. The Hall–Kier alpha value is -2.01. The zero-order valence-corrected chi connectivity index (χ0v) is 17.3. The summed E-state index contributed by atoms with van der Waals surface area (Å²) in [6.07, 6.45) is 1.92. The zero-order valence-electron chi connectivity index (χ0n) is 13.9. The SMILES string of the molecule is Cn1cnc2c1c1c(c3ccccc3n1I)c1c3ccccc3[n]([Al])c21. The van der Waals surface area contributed by atoms with Crippen molar-refractivity contribution in [3.05, 3.63) is 54.9 Å². The van der Waals surface area contributed by atoms with Gasteiger partial charge >= 0.3 is 16.5 Å². The normalized spacial score (nSPS) is 12.4. The molecule has 0 bridgehead atoms. The minimum atomic E-state index is 1.04. The number of hydrogen-bond donors (Lipinski definition) is 0. The lowest BCUT2D eigenvalue weighted by Crippen LogP contribution is -1.93. The van der Waals surface area contributed by atoms with Crippen LogP contribution in [0.2, 0.25) is 0 Å². The molecule has 0 aliphatic heterocycles. The number of aryl methyl sites for hydroxylation is 1. The largest absolute Gasteiger partial charge is 0.450 e. The second-order valence-electron chi connectivity index (χ2n) is 6.69. The first-order chi connectivity index (χ1) is 12.7. The maximum Gasteiger partial charge on any atom is 0.318 e. The molecule has 0 spiro atoms. The summed E-state index contributed by atoms with van der Waals surface area (Å²) in [5.74, 6) is 0. The standard InChI is InChI=1S/C20H12IN4.Al/c1-24-10-22-18-17-15(11-6-2-4-8-13(11)23-17)16-12-7-3-5-9-14(12)25(21)19(16)20(18)24;/h2-10H,1H3;/q-1;+1. The van der Waals surface area contributed by atoms with Crippen LogP contribution in [0.5, 0.6) is 0 Å². The Kier molecular flexibility index (Phi) is 2.92. The highest BCUT2D eigenvalue weighted by Gasteiger charge is 2.22. The Balaban J connectivity index is 2.15. The maximum absolute atomic E-state index is 4.78. The molecule has 3 heterocycles. The fourth-order valence-corrected chi connectivity index (χ4v) is 5.67. The minimum absolute atomic E-state index is 1.04. The van der Waals surface area contributed by atoms with E-state index in [1.54, 1.807) is 0 Å². The van der Waals surface area contributed by atoms with E-state index in [4.69, 9.17) is 4.98 Å². The highest BCUT2D eigenvalue weighted by atomic mass is 127. The average molecular weight is 462 g/mol. The van der Waals surface area contributed by atoms with E-state index >= 15 is 0 Å². The third-order valence-electron chi connectivity index (χ3n) is 5.36. The van der Waals surface area contributed by atoms with Gasteiger partial charge in [-0.15, -0.1) is 0 Å². The predicted octanol–water partition coefficient (Wildman–Crippen LogP) is 4.92. The Bertz CT molecular complexity index is 1520. The van der Waals surface area contributed by atoms with Crippen molar-refractivity contribution in [3.8, 4) is 0 Å². The molecule has 0 fully saturated rings. The summed E-state index contributed by atoms with van der Waals surface area (Å²) in [7, 11) is 2.07. The van der Waals surface area contributed by atoms with E-state index in [1.807, 2.05) is 6.33 Å². The fraction of sp³-hybridized carbons (Fsp3) is 0.0500. The topological polar surface area (TPSA) is 27.7 Å². The first kappa shape index (κ1) is 15.1. The zero-order chi connectivity index (χ0) is 17.6. The molecule has 26 heavy (non-hydrogen) atoms. The summed E-state index contributed by atoms with van der Waals surface area (Å²) >= 11 is 5.30. The molecule has 0 saturated heterocycles. The summed E-state index contributed by atoms with van der Waals surface area (Å²) < 4.78 is 6.62.